The van der Waals surface area contributed by atoms with Crippen LogP contribution in [0.5, 0.6) is 0 Å². The van der Waals surface area contributed by atoms with Crippen LogP contribution in [0.2, 0.25) is 0 Å². The van der Waals surface area contributed by atoms with E-state index in [0.717, 1.165) is 11.1 Å². The monoisotopic (exact) mass is 552 g/mol. The Morgan fingerprint density at radius 3 is 2.15 bits per heavy atom. The number of carbonyl (C=O) groups excluding carboxylic acids is 3. The van der Waals surface area contributed by atoms with Gasteiger partial charge in [0.05, 0.1) is 54.3 Å². The number of rotatable bonds is 6. The number of hydrogen-bond donors (Lipinski definition) is 0. The molecule has 0 aromatic heterocycles. The third-order valence-corrected chi connectivity index (χ3v) is 7.12. The molecule has 1 spiro atoms. The molecule has 4 rings (SSSR count). The second-order valence-electron chi connectivity index (χ2n) is 10.9. The van der Waals surface area contributed by atoms with Crippen LogP contribution >= 0.6 is 0 Å². The maximum Gasteiger partial charge on any atom is 0.340 e. The third-order valence-electron chi connectivity index (χ3n) is 7.12. The van der Waals surface area contributed by atoms with Gasteiger partial charge in [0, 0.05) is 5.69 Å². The predicted molar refractivity (Wildman–Crippen MR) is 152 cm³/mol. The van der Waals surface area contributed by atoms with Gasteiger partial charge in [-0.25, -0.2) is 9.59 Å². The average Bonchev–Trinajstić information content (AvgIpc) is 3.31. The summed E-state index contributed by atoms with van der Waals surface area (Å²) in [5.41, 5.74) is -4.42. The summed E-state index contributed by atoms with van der Waals surface area (Å²) in [7, 11) is 0. The standard InChI is InChI=1S/C32H32N4O5/c1-7-40-27(37)24-25(28(38)41-8-2)32(31(18-33,19-34)26(24)35-30(4,5)6)22-16-20(3)14-15-23(22)36(29(32)39)17-21-12-10-9-11-13-21/h9-16H,7-8,17H2,1-6H3. The van der Waals surface area contributed by atoms with Crippen molar-refractivity contribution in [3.05, 3.63) is 76.4 Å². The van der Waals surface area contributed by atoms with Crippen LogP contribution in [0.4, 0.5) is 5.69 Å². The van der Waals surface area contributed by atoms with E-state index in [9.17, 15) is 24.9 Å². The minimum atomic E-state index is -2.39. The number of ether oxygens (including phenoxy) is 2. The summed E-state index contributed by atoms with van der Waals surface area (Å²) in [6.45, 7) is 10.1. The topological polar surface area (TPSA) is 133 Å². The molecule has 0 bridgehead atoms. The number of fused-ring (bicyclic) bond motifs is 2. The van der Waals surface area contributed by atoms with Crippen molar-refractivity contribution >= 4 is 29.2 Å². The van der Waals surface area contributed by atoms with Gasteiger partial charge in [0.2, 0.25) is 11.3 Å². The fraction of sp³-hybridized carbons (Fsp3) is 0.375. The molecule has 210 valence electrons. The number of nitriles is 2. The lowest BCUT2D eigenvalue weighted by Gasteiger charge is -2.34. The number of hydrogen-bond acceptors (Lipinski definition) is 8. The average molecular weight is 553 g/mol. The molecule has 9 heteroatoms. The van der Waals surface area contributed by atoms with E-state index in [-0.39, 0.29) is 36.6 Å². The molecule has 2 aromatic carbocycles. The Morgan fingerprint density at radius 1 is 0.976 bits per heavy atom. The molecule has 2 aromatic rings. The normalized spacial score (nSPS) is 20.1. The van der Waals surface area contributed by atoms with Crippen molar-refractivity contribution in [2.24, 2.45) is 10.4 Å². The van der Waals surface area contributed by atoms with Gasteiger partial charge in [0.1, 0.15) is 5.41 Å². The summed E-state index contributed by atoms with van der Waals surface area (Å²) >= 11 is 0. The second-order valence-corrected chi connectivity index (χ2v) is 10.9. The molecule has 0 radical (unpaired) electrons. The van der Waals surface area contributed by atoms with E-state index in [4.69, 9.17) is 9.47 Å². The van der Waals surface area contributed by atoms with Crippen LogP contribution in [0.1, 0.15) is 51.3 Å². The Labute approximate surface area is 239 Å². The molecular formula is C32H32N4O5. The highest BCUT2D eigenvalue weighted by molar-refractivity contribution is 6.36. The summed E-state index contributed by atoms with van der Waals surface area (Å²) in [5, 5.41) is 21.8. The van der Waals surface area contributed by atoms with Gasteiger partial charge in [0.15, 0.2) is 0 Å². The highest BCUT2D eigenvalue weighted by Crippen LogP contribution is 2.62. The van der Waals surface area contributed by atoms with E-state index in [1.165, 1.54) is 4.90 Å². The highest BCUT2D eigenvalue weighted by Gasteiger charge is 2.76. The van der Waals surface area contributed by atoms with E-state index in [1.807, 2.05) is 36.4 Å². The quantitative estimate of drug-likeness (QED) is 0.482. The van der Waals surface area contributed by atoms with Crippen LogP contribution in [-0.4, -0.2) is 42.3 Å². The third kappa shape index (κ3) is 4.38. The summed E-state index contributed by atoms with van der Waals surface area (Å²) in [6.07, 6.45) is 0. The van der Waals surface area contributed by atoms with Gasteiger partial charge in [-0.3, -0.25) is 9.79 Å². The van der Waals surface area contributed by atoms with Gasteiger partial charge < -0.3 is 14.4 Å². The molecule has 0 N–H and O–H groups in total. The SMILES string of the molecule is CCOC(=O)C1=C(C(=O)OCC)C2(C(=O)N(Cc3ccccc3)c3ccc(C)cc32)C(C#N)(C#N)C1=NC(C)(C)C. The Bertz CT molecular complexity index is 1560. The van der Waals surface area contributed by atoms with Gasteiger partial charge >= 0.3 is 11.9 Å². The second kappa shape index (κ2) is 10.7. The van der Waals surface area contributed by atoms with E-state index < -0.39 is 39.8 Å². The number of carbonyl (C=O) groups is 3. The number of benzene rings is 2. The number of aryl methyl sites for hydroxylation is 1. The molecule has 1 unspecified atom stereocenters. The smallest absolute Gasteiger partial charge is 0.340 e. The van der Waals surface area contributed by atoms with Crippen molar-refractivity contribution in [2.75, 3.05) is 18.1 Å². The zero-order valence-corrected chi connectivity index (χ0v) is 24.1. The van der Waals surface area contributed by atoms with Crippen LogP contribution in [0.25, 0.3) is 0 Å². The first kappa shape index (κ1) is 29.2. The lowest BCUT2D eigenvalue weighted by atomic mass is 9.60. The van der Waals surface area contributed by atoms with Crippen LogP contribution in [0, 0.1) is 35.0 Å². The molecule has 1 amide bonds. The van der Waals surface area contributed by atoms with Crippen molar-refractivity contribution < 1.29 is 23.9 Å². The molecule has 0 saturated heterocycles. The molecule has 1 aliphatic carbocycles. The molecule has 0 saturated carbocycles. The minimum Gasteiger partial charge on any atom is -0.463 e. The molecule has 1 atom stereocenters. The Hall–Kier alpha value is -4.76. The summed E-state index contributed by atoms with van der Waals surface area (Å²) in [4.78, 5) is 48.7. The van der Waals surface area contributed by atoms with Gasteiger partial charge in [0.25, 0.3) is 0 Å². The Kier molecular flexibility index (Phi) is 7.60. The van der Waals surface area contributed by atoms with Gasteiger partial charge in [-0.1, -0.05) is 48.0 Å². The molecule has 1 aliphatic heterocycles. The van der Waals surface area contributed by atoms with E-state index in [1.54, 1.807) is 53.7 Å². The van der Waals surface area contributed by atoms with Crippen LogP contribution in [0.15, 0.2) is 64.7 Å². The van der Waals surface area contributed by atoms with Gasteiger partial charge in [-0.05, 0) is 58.7 Å². The first-order valence-electron chi connectivity index (χ1n) is 13.4. The van der Waals surface area contributed by atoms with E-state index >= 15 is 0 Å². The van der Waals surface area contributed by atoms with Crippen LogP contribution < -0.4 is 4.90 Å². The number of amides is 1. The number of nitrogens with zero attached hydrogens (tertiary/aromatic N) is 4. The number of aliphatic imine (C=N–C) groups is 1. The van der Waals surface area contributed by atoms with Crippen molar-refractivity contribution in [2.45, 2.75) is 59.0 Å². The van der Waals surface area contributed by atoms with Crippen molar-refractivity contribution in [3.8, 4) is 12.1 Å². The lowest BCUT2D eigenvalue weighted by Crippen LogP contribution is -2.54. The van der Waals surface area contributed by atoms with Crippen LogP contribution in [0.3, 0.4) is 0 Å². The number of esters is 2. The molecule has 41 heavy (non-hydrogen) atoms. The largest absolute Gasteiger partial charge is 0.463 e. The summed E-state index contributed by atoms with van der Waals surface area (Å²) < 4.78 is 10.8. The Morgan fingerprint density at radius 2 is 1.59 bits per heavy atom. The maximum atomic E-state index is 15.0. The first-order valence-corrected chi connectivity index (χ1v) is 13.4. The molecular weight excluding hydrogens is 520 g/mol. The zero-order valence-electron chi connectivity index (χ0n) is 24.1. The predicted octanol–water partition coefficient (Wildman–Crippen LogP) is 4.49. The summed E-state index contributed by atoms with van der Waals surface area (Å²) in [6, 6.07) is 18.6. The van der Waals surface area contributed by atoms with Crippen molar-refractivity contribution in [1.82, 2.24) is 0 Å². The summed E-state index contributed by atoms with van der Waals surface area (Å²) in [5.74, 6) is -2.66. The van der Waals surface area contributed by atoms with Gasteiger partial charge in [-0.2, -0.15) is 10.5 Å². The van der Waals surface area contributed by atoms with E-state index in [2.05, 4.69) is 17.1 Å². The van der Waals surface area contributed by atoms with Crippen molar-refractivity contribution in [3.63, 3.8) is 0 Å². The lowest BCUT2D eigenvalue weighted by molar-refractivity contribution is -0.142. The molecule has 2 aliphatic rings. The molecule has 9 nitrogen and oxygen atoms in total. The fourth-order valence-electron chi connectivity index (χ4n) is 5.63. The zero-order chi connectivity index (χ0) is 30.2. The Balaban J connectivity index is 2.23. The van der Waals surface area contributed by atoms with Crippen LogP contribution in [-0.2, 0) is 35.8 Å². The van der Waals surface area contributed by atoms with E-state index in [0.29, 0.717) is 5.69 Å². The molecule has 1 heterocycles. The van der Waals surface area contributed by atoms with Crippen molar-refractivity contribution in [1.29, 1.82) is 10.5 Å². The maximum absolute atomic E-state index is 15.0. The first-order chi connectivity index (χ1) is 19.4. The minimum absolute atomic E-state index is 0.0515. The van der Waals surface area contributed by atoms with Gasteiger partial charge in [-0.15, -0.1) is 0 Å². The highest BCUT2D eigenvalue weighted by atomic mass is 16.5. The fourth-order valence-corrected chi connectivity index (χ4v) is 5.63. The molecule has 0 fully saturated rings. The number of anilines is 1.